The third-order valence-electron chi connectivity index (χ3n) is 2.68. The van der Waals surface area contributed by atoms with E-state index in [2.05, 4.69) is 10.6 Å². The number of hydrogen-bond donors (Lipinski definition) is 2. The first-order chi connectivity index (χ1) is 9.31. The zero-order valence-electron chi connectivity index (χ0n) is 10.4. The smallest absolute Gasteiger partial charge is 0.264 e. The number of para-hydroxylation sites is 2. The summed E-state index contributed by atoms with van der Waals surface area (Å²) in [6, 6.07) is 7.24. The molecule has 2 N–H and O–H groups in total. The summed E-state index contributed by atoms with van der Waals surface area (Å²) in [6.07, 6.45) is 0.680. The van der Waals surface area contributed by atoms with E-state index < -0.39 is 6.10 Å². The van der Waals surface area contributed by atoms with Gasteiger partial charge in [-0.1, -0.05) is 12.1 Å². The minimum Gasteiger partial charge on any atom is -0.485 e. The number of nitrogens with one attached hydrogen (secondary N) is 2. The molecule has 0 radical (unpaired) electrons. The molecule has 0 fully saturated rings. The van der Waals surface area contributed by atoms with Gasteiger partial charge in [-0.15, -0.1) is 0 Å². The summed E-state index contributed by atoms with van der Waals surface area (Å²) in [5.41, 5.74) is 0. The van der Waals surface area contributed by atoms with Crippen LogP contribution in [0, 0.1) is 0 Å². The quantitative estimate of drug-likeness (QED) is 0.563. The Morgan fingerprint density at radius 3 is 2.89 bits per heavy atom. The van der Waals surface area contributed by atoms with Gasteiger partial charge in [0.25, 0.3) is 5.91 Å². The van der Waals surface area contributed by atoms with Crippen LogP contribution in [0.4, 0.5) is 0 Å². The molecule has 19 heavy (non-hydrogen) atoms. The second kappa shape index (κ2) is 6.63. The summed E-state index contributed by atoms with van der Waals surface area (Å²) in [4.78, 5) is 21.9. The van der Waals surface area contributed by atoms with Crippen LogP contribution in [0.1, 0.15) is 6.42 Å². The predicted molar refractivity (Wildman–Crippen MR) is 68.0 cm³/mol. The van der Waals surface area contributed by atoms with E-state index in [4.69, 9.17) is 9.47 Å². The third-order valence-corrected chi connectivity index (χ3v) is 2.68. The predicted octanol–water partition coefficient (Wildman–Crippen LogP) is 0.0787. The molecule has 0 aliphatic carbocycles. The number of carbonyl (C=O) groups is 2. The highest BCUT2D eigenvalue weighted by atomic mass is 16.6. The summed E-state index contributed by atoms with van der Waals surface area (Å²) in [6.45, 7) is 1.23. The Hall–Kier alpha value is -2.24. The van der Waals surface area contributed by atoms with E-state index in [0.29, 0.717) is 37.4 Å². The molecule has 0 spiro atoms. The van der Waals surface area contributed by atoms with Gasteiger partial charge in [0.15, 0.2) is 11.5 Å². The number of benzene rings is 1. The highest BCUT2D eigenvalue weighted by Crippen LogP contribution is 2.30. The molecule has 102 valence electrons. The maximum Gasteiger partial charge on any atom is 0.264 e. The lowest BCUT2D eigenvalue weighted by Crippen LogP contribution is -2.44. The minimum absolute atomic E-state index is 0.204. The summed E-state index contributed by atoms with van der Waals surface area (Å²) >= 11 is 0. The number of rotatable bonds is 6. The molecule has 0 saturated carbocycles. The zero-order valence-corrected chi connectivity index (χ0v) is 10.4. The first kappa shape index (κ1) is 13.2. The molecule has 0 bridgehead atoms. The minimum atomic E-state index is -0.631. The first-order valence-corrected chi connectivity index (χ1v) is 6.14. The van der Waals surface area contributed by atoms with E-state index in [-0.39, 0.29) is 12.5 Å². The molecule has 1 aromatic carbocycles. The molecule has 1 atom stereocenters. The second-order valence-electron chi connectivity index (χ2n) is 4.08. The maximum atomic E-state index is 11.8. The fourth-order valence-corrected chi connectivity index (χ4v) is 1.72. The van der Waals surface area contributed by atoms with Crippen LogP contribution in [0.3, 0.4) is 0 Å². The van der Waals surface area contributed by atoms with Crippen molar-refractivity contribution in [2.24, 2.45) is 0 Å². The van der Waals surface area contributed by atoms with E-state index >= 15 is 0 Å². The fourth-order valence-electron chi connectivity index (χ4n) is 1.72. The summed E-state index contributed by atoms with van der Waals surface area (Å²) in [7, 11) is 0. The van der Waals surface area contributed by atoms with Crippen molar-refractivity contribution in [2.75, 3.05) is 19.7 Å². The summed E-state index contributed by atoms with van der Waals surface area (Å²) < 4.78 is 11.0. The molecule has 1 aliphatic heterocycles. The Labute approximate surface area is 111 Å². The lowest BCUT2D eigenvalue weighted by Gasteiger charge is -2.25. The third kappa shape index (κ3) is 3.61. The van der Waals surface area contributed by atoms with Gasteiger partial charge < -0.3 is 20.1 Å². The topological polar surface area (TPSA) is 76.7 Å². The van der Waals surface area contributed by atoms with Crippen LogP contribution in [0.5, 0.6) is 11.5 Å². The van der Waals surface area contributed by atoms with Crippen LogP contribution < -0.4 is 20.1 Å². The van der Waals surface area contributed by atoms with Gasteiger partial charge in [0.2, 0.25) is 12.5 Å². The number of ether oxygens (including phenoxy) is 2. The Balaban J connectivity index is 1.77. The average molecular weight is 264 g/mol. The van der Waals surface area contributed by atoms with Gasteiger partial charge in [0.1, 0.15) is 6.61 Å². The Morgan fingerprint density at radius 1 is 1.32 bits per heavy atom. The number of amides is 2. The SMILES string of the molecule is O=CNCCCNC(=O)C1COc2ccccc2O1. The van der Waals surface area contributed by atoms with Crippen LogP contribution in [0.2, 0.25) is 0 Å². The van der Waals surface area contributed by atoms with E-state index in [1.165, 1.54) is 0 Å². The van der Waals surface area contributed by atoms with E-state index in [1.807, 2.05) is 12.1 Å². The zero-order chi connectivity index (χ0) is 13.5. The first-order valence-electron chi connectivity index (χ1n) is 6.14. The fraction of sp³-hybridized carbons (Fsp3) is 0.385. The molecule has 6 nitrogen and oxygen atoms in total. The van der Waals surface area contributed by atoms with Crippen molar-refractivity contribution in [3.8, 4) is 11.5 Å². The van der Waals surface area contributed by atoms with Crippen molar-refractivity contribution in [2.45, 2.75) is 12.5 Å². The Morgan fingerprint density at radius 2 is 2.11 bits per heavy atom. The van der Waals surface area contributed by atoms with E-state index in [0.717, 1.165) is 0 Å². The molecule has 0 saturated heterocycles. The van der Waals surface area contributed by atoms with Crippen molar-refractivity contribution in [3.63, 3.8) is 0 Å². The number of carbonyl (C=O) groups excluding carboxylic acids is 2. The molecular weight excluding hydrogens is 248 g/mol. The van der Waals surface area contributed by atoms with Crippen LogP contribution in [0.25, 0.3) is 0 Å². The molecule has 1 aromatic rings. The molecule has 1 unspecified atom stereocenters. The van der Waals surface area contributed by atoms with Crippen LogP contribution in [-0.2, 0) is 9.59 Å². The standard InChI is InChI=1S/C13H16N2O4/c16-9-14-6-3-7-15-13(17)12-8-18-10-4-1-2-5-11(10)19-12/h1-2,4-5,9,12H,3,6-8H2,(H,14,16)(H,15,17). The van der Waals surface area contributed by atoms with Crippen molar-refractivity contribution in [3.05, 3.63) is 24.3 Å². The van der Waals surface area contributed by atoms with Crippen molar-refractivity contribution in [1.82, 2.24) is 10.6 Å². The highest BCUT2D eigenvalue weighted by molar-refractivity contribution is 5.81. The maximum absolute atomic E-state index is 11.8. The average Bonchev–Trinajstić information content (AvgIpc) is 2.46. The second-order valence-corrected chi connectivity index (χ2v) is 4.08. The van der Waals surface area contributed by atoms with Crippen LogP contribution in [-0.4, -0.2) is 38.1 Å². The largest absolute Gasteiger partial charge is 0.485 e. The van der Waals surface area contributed by atoms with E-state index in [9.17, 15) is 9.59 Å². The molecule has 0 aromatic heterocycles. The molecule has 2 amide bonds. The molecule has 1 heterocycles. The summed E-state index contributed by atoms with van der Waals surface area (Å²) in [5.74, 6) is 1.03. The monoisotopic (exact) mass is 264 g/mol. The molecule has 1 aliphatic rings. The van der Waals surface area contributed by atoms with Crippen LogP contribution in [0.15, 0.2) is 24.3 Å². The molecular formula is C13H16N2O4. The van der Waals surface area contributed by atoms with Gasteiger partial charge in [0, 0.05) is 13.1 Å². The van der Waals surface area contributed by atoms with Gasteiger partial charge >= 0.3 is 0 Å². The lowest BCUT2D eigenvalue weighted by atomic mass is 10.2. The highest BCUT2D eigenvalue weighted by Gasteiger charge is 2.26. The van der Waals surface area contributed by atoms with Gasteiger partial charge in [-0.25, -0.2) is 0 Å². The van der Waals surface area contributed by atoms with Gasteiger partial charge in [-0.3, -0.25) is 9.59 Å². The van der Waals surface area contributed by atoms with Crippen molar-refractivity contribution >= 4 is 12.3 Å². The Bertz CT molecular complexity index is 450. The van der Waals surface area contributed by atoms with Gasteiger partial charge in [-0.05, 0) is 18.6 Å². The summed E-state index contributed by atoms with van der Waals surface area (Å²) in [5, 5.41) is 5.27. The van der Waals surface area contributed by atoms with Gasteiger partial charge in [0.05, 0.1) is 0 Å². The number of hydrogen-bond acceptors (Lipinski definition) is 4. The van der Waals surface area contributed by atoms with E-state index in [1.54, 1.807) is 12.1 Å². The van der Waals surface area contributed by atoms with Crippen LogP contribution >= 0.6 is 0 Å². The normalized spacial score (nSPS) is 16.5. The number of fused-ring (bicyclic) bond motifs is 1. The lowest BCUT2D eigenvalue weighted by molar-refractivity contribution is -0.130. The van der Waals surface area contributed by atoms with Crippen molar-refractivity contribution < 1.29 is 19.1 Å². The molecule has 6 heteroatoms. The van der Waals surface area contributed by atoms with Gasteiger partial charge in [-0.2, -0.15) is 0 Å². The molecule has 2 rings (SSSR count). The van der Waals surface area contributed by atoms with Crippen molar-refractivity contribution in [1.29, 1.82) is 0 Å². The Kier molecular flexibility index (Phi) is 4.60.